The summed E-state index contributed by atoms with van der Waals surface area (Å²) in [6.45, 7) is 2.41. The number of hydrogen-bond acceptors (Lipinski definition) is 5. The van der Waals surface area contributed by atoms with Crippen molar-refractivity contribution in [2.24, 2.45) is 5.10 Å². The highest BCUT2D eigenvalue weighted by Gasteiger charge is 2.11. The standard InChI is InChI=1S/C18H18Br2N2O4/c1-4-26-17-12(5-13(19)8-16(17)20)10-21-22-18(23)11-6-14(24-2)9-15(7-11)25-3/h5-10H,4H2,1-3H3,(H,22,23)/b21-10-. The topological polar surface area (TPSA) is 69.2 Å². The van der Waals surface area contributed by atoms with Crippen LogP contribution in [0.5, 0.6) is 17.2 Å². The normalized spacial score (nSPS) is 10.7. The molecule has 0 saturated heterocycles. The minimum atomic E-state index is -0.384. The summed E-state index contributed by atoms with van der Waals surface area (Å²) in [5, 5.41) is 4.03. The van der Waals surface area contributed by atoms with Gasteiger partial charge in [0.05, 0.1) is 31.5 Å². The Morgan fingerprint density at radius 2 is 1.77 bits per heavy atom. The lowest BCUT2D eigenvalue weighted by molar-refractivity contribution is 0.0954. The van der Waals surface area contributed by atoms with Crippen LogP contribution >= 0.6 is 31.9 Å². The Morgan fingerprint density at radius 3 is 2.35 bits per heavy atom. The van der Waals surface area contributed by atoms with Crippen LogP contribution in [0.15, 0.2) is 44.4 Å². The van der Waals surface area contributed by atoms with E-state index in [0.717, 1.165) is 14.5 Å². The van der Waals surface area contributed by atoms with Crippen molar-refractivity contribution in [2.75, 3.05) is 20.8 Å². The van der Waals surface area contributed by atoms with Gasteiger partial charge >= 0.3 is 0 Å². The van der Waals surface area contributed by atoms with Crippen LogP contribution < -0.4 is 19.6 Å². The largest absolute Gasteiger partial charge is 0.497 e. The minimum Gasteiger partial charge on any atom is -0.497 e. The Labute approximate surface area is 168 Å². The van der Waals surface area contributed by atoms with Gasteiger partial charge in [0.2, 0.25) is 0 Å². The van der Waals surface area contributed by atoms with Crippen LogP contribution in [0.2, 0.25) is 0 Å². The first kappa shape index (κ1) is 20.3. The third kappa shape index (κ3) is 5.22. The lowest BCUT2D eigenvalue weighted by atomic mass is 10.2. The Morgan fingerprint density at radius 1 is 1.12 bits per heavy atom. The van der Waals surface area contributed by atoms with Crippen molar-refractivity contribution < 1.29 is 19.0 Å². The Hall–Kier alpha value is -2.06. The van der Waals surface area contributed by atoms with E-state index in [4.69, 9.17) is 14.2 Å². The molecule has 0 spiro atoms. The van der Waals surface area contributed by atoms with Gasteiger partial charge in [-0.05, 0) is 47.1 Å². The van der Waals surface area contributed by atoms with Crippen LogP contribution in [0, 0.1) is 0 Å². The minimum absolute atomic E-state index is 0.374. The van der Waals surface area contributed by atoms with E-state index in [0.29, 0.717) is 29.4 Å². The molecular weight excluding hydrogens is 468 g/mol. The molecule has 0 heterocycles. The molecule has 6 nitrogen and oxygen atoms in total. The molecule has 2 rings (SSSR count). The highest BCUT2D eigenvalue weighted by atomic mass is 79.9. The summed E-state index contributed by atoms with van der Waals surface area (Å²) in [4.78, 5) is 12.3. The number of rotatable bonds is 7. The highest BCUT2D eigenvalue weighted by molar-refractivity contribution is 9.11. The predicted molar refractivity (Wildman–Crippen MR) is 108 cm³/mol. The number of hydrazone groups is 1. The fourth-order valence-corrected chi connectivity index (χ4v) is 3.51. The van der Waals surface area contributed by atoms with Crippen LogP contribution in [0.1, 0.15) is 22.8 Å². The molecule has 1 N–H and O–H groups in total. The number of amides is 1. The van der Waals surface area contributed by atoms with Gasteiger partial charge < -0.3 is 14.2 Å². The molecule has 2 aromatic rings. The third-order valence-electron chi connectivity index (χ3n) is 3.31. The van der Waals surface area contributed by atoms with E-state index in [1.54, 1.807) is 18.2 Å². The molecule has 0 aliphatic heterocycles. The zero-order chi connectivity index (χ0) is 19.1. The molecular formula is C18H18Br2N2O4. The first-order chi connectivity index (χ1) is 12.5. The van der Waals surface area contributed by atoms with E-state index in [9.17, 15) is 4.79 Å². The van der Waals surface area contributed by atoms with Gasteiger partial charge in [-0.3, -0.25) is 4.79 Å². The van der Waals surface area contributed by atoms with Gasteiger partial charge in [-0.2, -0.15) is 5.10 Å². The van der Waals surface area contributed by atoms with Gasteiger partial charge in [0.15, 0.2) is 0 Å². The van der Waals surface area contributed by atoms with Gasteiger partial charge in [-0.25, -0.2) is 5.43 Å². The molecule has 8 heteroatoms. The molecule has 0 unspecified atom stereocenters. The van der Waals surface area contributed by atoms with Crippen molar-refractivity contribution in [1.29, 1.82) is 0 Å². The first-order valence-electron chi connectivity index (χ1n) is 7.66. The summed E-state index contributed by atoms with van der Waals surface area (Å²) in [5.41, 5.74) is 3.58. The highest BCUT2D eigenvalue weighted by Crippen LogP contribution is 2.32. The van der Waals surface area contributed by atoms with Gasteiger partial charge in [0.1, 0.15) is 17.2 Å². The summed E-state index contributed by atoms with van der Waals surface area (Å²) in [6.07, 6.45) is 1.52. The summed E-state index contributed by atoms with van der Waals surface area (Å²) in [5.74, 6) is 1.31. The molecule has 0 aliphatic rings. The van der Waals surface area contributed by atoms with Crippen LogP contribution in [-0.4, -0.2) is 32.9 Å². The fraction of sp³-hybridized carbons (Fsp3) is 0.222. The quantitative estimate of drug-likeness (QED) is 0.466. The van der Waals surface area contributed by atoms with E-state index in [2.05, 4.69) is 42.4 Å². The number of hydrogen-bond donors (Lipinski definition) is 1. The maximum Gasteiger partial charge on any atom is 0.271 e. The lowest BCUT2D eigenvalue weighted by Gasteiger charge is -2.10. The average Bonchev–Trinajstić information content (AvgIpc) is 2.63. The zero-order valence-corrected chi connectivity index (χ0v) is 17.7. The number of nitrogens with one attached hydrogen (secondary N) is 1. The van der Waals surface area contributed by atoms with Crippen LogP contribution in [0.4, 0.5) is 0 Å². The molecule has 0 aromatic heterocycles. The molecule has 2 aromatic carbocycles. The van der Waals surface area contributed by atoms with E-state index < -0.39 is 0 Å². The third-order valence-corrected chi connectivity index (χ3v) is 4.36. The average molecular weight is 486 g/mol. The van der Waals surface area contributed by atoms with Gasteiger partial charge in [0.25, 0.3) is 5.91 Å². The number of carbonyl (C=O) groups is 1. The number of benzene rings is 2. The predicted octanol–water partition coefficient (Wildman–Crippen LogP) is 4.39. The smallest absolute Gasteiger partial charge is 0.271 e. The summed E-state index contributed by atoms with van der Waals surface area (Å²) < 4.78 is 17.6. The second kappa shape index (κ2) is 9.59. The number of nitrogens with zero attached hydrogens (tertiary/aromatic N) is 1. The van der Waals surface area contributed by atoms with E-state index >= 15 is 0 Å². The SMILES string of the molecule is CCOc1c(Br)cc(Br)cc1/C=N\NC(=O)c1cc(OC)cc(OC)c1. The van der Waals surface area contributed by atoms with Crippen LogP contribution in [-0.2, 0) is 0 Å². The fourth-order valence-electron chi connectivity index (χ4n) is 2.14. The second-order valence-electron chi connectivity index (χ2n) is 5.04. The van der Waals surface area contributed by atoms with Gasteiger partial charge in [0, 0.05) is 21.7 Å². The summed E-state index contributed by atoms with van der Waals surface area (Å²) in [6, 6.07) is 8.63. The first-order valence-corrected chi connectivity index (χ1v) is 9.25. The molecule has 138 valence electrons. The molecule has 26 heavy (non-hydrogen) atoms. The second-order valence-corrected chi connectivity index (χ2v) is 6.81. The van der Waals surface area contributed by atoms with Crippen molar-refractivity contribution in [3.05, 3.63) is 50.4 Å². The Balaban J connectivity index is 2.19. The van der Waals surface area contributed by atoms with Crippen molar-refractivity contribution in [2.45, 2.75) is 6.92 Å². The number of ether oxygens (including phenoxy) is 3. The lowest BCUT2D eigenvalue weighted by Crippen LogP contribution is -2.17. The molecule has 0 fully saturated rings. The van der Waals surface area contributed by atoms with Crippen molar-refractivity contribution in [3.8, 4) is 17.2 Å². The van der Waals surface area contributed by atoms with Crippen molar-refractivity contribution >= 4 is 44.0 Å². The van der Waals surface area contributed by atoms with Crippen LogP contribution in [0.3, 0.4) is 0 Å². The molecule has 0 bridgehead atoms. The maximum atomic E-state index is 12.3. The van der Waals surface area contributed by atoms with Crippen molar-refractivity contribution in [3.63, 3.8) is 0 Å². The zero-order valence-electron chi connectivity index (χ0n) is 14.5. The van der Waals surface area contributed by atoms with E-state index in [-0.39, 0.29) is 5.91 Å². The number of halogens is 2. The van der Waals surface area contributed by atoms with Crippen molar-refractivity contribution in [1.82, 2.24) is 5.43 Å². The summed E-state index contributed by atoms with van der Waals surface area (Å²) >= 11 is 6.88. The Kier molecular flexibility index (Phi) is 7.47. The van der Waals surface area contributed by atoms with E-state index in [1.807, 2.05) is 19.1 Å². The monoisotopic (exact) mass is 484 g/mol. The van der Waals surface area contributed by atoms with Gasteiger partial charge in [-0.15, -0.1) is 0 Å². The maximum absolute atomic E-state index is 12.3. The summed E-state index contributed by atoms with van der Waals surface area (Å²) in [7, 11) is 3.05. The molecule has 0 aliphatic carbocycles. The molecule has 0 saturated carbocycles. The van der Waals surface area contributed by atoms with E-state index in [1.165, 1.54) is 20.4 Å². The molecule has 1 amide bonds. The van der Waals surface area contributed by atoms with Gasteiger partial charge in [-0.1, -0.05) is 15.9 Å². The molecule has 0 radical (unpaired) electrons. The molecule has 0 atom stereocenters. The number of carbonyl (C=O) groups excluding carboxylic acids is 1. The van der Waals surface area contributed by atoms with Crippen LogP contribution in [0.25, 0.3) is 0 Å². The number of methoxy groups -OCH3 is 2. The Bertz CT molecular complexity index is 803.